The van der Waals surface area contributed by atoms with Crippen LogP contribution in [0.4, 0.5) is 0 Å². The van der Waals surface area contributed by atoms with E-state index in [4.69, 9.17) is 14.2 Å². The average molecular weight is 287 g/mol. The molecule has 5 heteroatoms. The molecule has 3 atom stereocenters. The summed E-state index contributed by atoms with van der Waals surface area (Å²) in [6, 6.07) is 0.181. The topological polar surface area (TPSA) is 56.8 Å². The Hall–Kier alpha value is -0.650. The van der Waals surface area contributed by atoms with Gasteiger partial charge in [0.25, 0.3) is 0 Å². The highest BCUT2D eigenvalue weighted by molar-refractivity contribution is 5.80. The second-order valence-corrected chi connectivity index (χ2v) is 6.08. The van der Waals surface area contributed by atoms with Crippen molar-refractivity contribution in [3.05, 3.63) is 0 Å². The summed E-state index contributed by atoms with van der Waals surface area (Å²) < 4.78 is 16.3. The molecule has 118 valence electrons. The third-order valence-electron chi connectivity index (χ3n) is 3.76. The lowest BCUT2D eigenvalue weighted by molar-refractivity contribution is -0.153. The standard InChI is InChI=1S/C15H29NO4/c1-11(2)16-15(3,14(17)19-5)10-20-13-8-6-7-12(9-13)18-4/h11-13,16H,6-10H2,1-5H3. The lowest BCUT2D eigenvalue weighted by Crippen LogP contribution is -2.56. The Morgan fingerprint density at radius 3 is 2.50 bits per heavy atom. The van der Waals surface area contributed by atoms with Crippen molar-refractivity contribution < 1.29 is 19.0 Å². The fourth-order valence-electron chi connectivity index (χ4n) is 2.77. The van der Waals surface area contributed by atoms with E-state index in [2.05, 4.69) is 5.32 Å². The molecule has 0 radical (unpaired) electrons. The van der Waals surface area contributed by atoms with E-state index in [9.17, 15) is 4.79 Å². The van der Waals surface area contributed by atoms with Crippen molar-refractivity contribution in [2.24, 2.45) is 0 Å². The zero-order valence-electron chi connectivity index (χ0n) is 13.4. The second kappa shape index (κ2) is 7.96. The Morgan fingerprint density at radius 2 is 1.95 bits per heavy atom. The number of hydrogen-bond acceptors (Lipinski definition) is 5. The van der Waals surface area contributed by atoms with Crippen molar-refractivity contribution in [2.75, 3.05) is 20.8 Å². The molecule has 5 nitrogen and oxygen atoms in total. The summed E-state index contributed by atoms with van der Waals surface area (Å²) in [6.07, 6.45) is 4.56. The van der Waals surface area contributed by atoms with E-state index >= 15 is 0 Å². The Bertz CT molecular complexity index is 308. The van der Waals surface area contributed by atoms with Gasteiger partial charge in [0.1, 0.15) is 5.54 Å². The zero-order valence-corrected chi connectivity index (χ0v) is 13.4. The molecule has 0 aliphatic heterocycles. The third-order valence-corrected chi connectivity index (χ3v) is 3.76. The van der Waals surface area contributed by atoms with Crippen LogP contribution in [-0.4, -0.2) is 50.6 Å². The summed E-state index contributed by atoms with van der Waals surface area (Å²) >= 11 is 0. The predicted octanol–water partition coefficient (Wildman–Crippen LogP) is 1.89. The van der Waals surface area contributed by atoms with Crippen molar-refractivity contribution in [2.45, 2.75) is 70.2 Å². The van der Waals surface area contributed by atoms with Gasteiger partial charge in [0.15, 0.2) is 0 Å². The maximum absolute atomic E-state index is 12.0. The van der Waals surface area contributed by atoms with Crippen molar-refractivity contribution in [1.29, 1.82) is 0 Å². The molecule has 1 aliphatic carbocycles. The summed E-state index contributed by atoms with van der Waals surface area (Å²) in [5.74, 6) is -0.287. The molecule has 0 spiro atoms. The molecule has 0 amide bonds. The lowest BCUT2D eigenvalue weighted by atomic mass is 9.94. The summed E-state index contributed by atoms with van der Waals surface area (Å²) in [6.45, 7) is 6.15. The molecule has 1 aliphatic rings. The number of nitrogens with one attached hydrogen (secondary N) is 1. The monoisotopic (exact) mass is 287 g/mol. The van der Waals surface area contributed by atoms with E-state index in [0.717, 1.165) is 25.7 Å². The maximum atomic E-state index is 12.0. The van der Waals surface area contributed by atoms with Crippen LogP contribution in [0, 0.1) is 0 Å². The van der Waals surface area contributed by atoms with Crippen LogP contribution in [0.3, 0.4) is 0 Å². The van der Waals surface area contributed by atoms with Crippen molar-refractivity contribution >= 4 is 5.97 Å². The van der Waals surface area contributed by atoms with E-state index in [1.807, 2.05) is 20.8 Å². The minimum Gasteiger partial charge on any atom is -0.468 e. The Balaban J connectivity index is 2.55. The molecule has 0 bridgehead atoms. The van der Waals surface area contributed by atoms with Gasteiger partial charge in [-0.2, -0.15) is 0 Å². The van der Waals surface area contributed by atoms with Gasteiger partial charge in [-0.1, -0.05) is 0 Å². The molecule has 1 saturated carbocycles. The van der Waals surface area contributed by atoms with E-state index in [1.54, 1.807) is 7.11 Å². The third kappa shape index (κ3) is 5.04. The number of ether oxygens (including phenoxy) is 3. The predicted molar refractivity (Wildman–Crippen MR) is 77.7 cm³/mol. The van der Waals surface area contributed by atoms with Crippen LogP contribution in [0.5, 0.6) is 0 Å². The first kappa shape index (κ1) is 17.4. The first-order valence-electron chi connectivity index (χ1n) is 7.41. The highest BCUT2D eigenvalue weighted by Gasteiger charge is 2.36. The van der Waals surface area contributed by atoms with Crippen LogP contribution in [0.15, 0.2) is 0 Å². The average Bonchev–Trinajstić information content (AvgIpc) is 2.43. The number of hydrogen-bond donors (Lipinski definition) is 1. The van der Waals surface area contributed by atoms with Gasteiger partial charge in [0.2, 0.25) is 0 Å². The van der Waals surface area contributed by atoms with Gasteiger partial charge < -0.3 is 14.2 Å². The summed E-state index contributed by atoms with van der Waals surface area (Å²) in [7, 11) is 3.15. The van der Waals surface area contributed by atoms with Gasteiger partial charge in [-0.05, 0) is 46.5 Å². The number of methoxy groups -OCH3 is 2. The number of carbonyl (C=O) groups is 1. The number of carbonyl (C=O) groups excluding carboxylic acids is 1. The highest BCUT2D eigenvalue weighted by Crippen LogP contribution is 2.24. The second-order valence-electron chi connectivity index (χ2n) is 6.08. The van der Waals surface area contributed by atoms with E-state index in [-0.39, 0.29) is 24.2 Å². The minimum atomic E-state index is -0.803. The largest absolute Gasteiger partial charge is 0.468 e. The number of rotatable bonds is 7. The van der Waals surface area contributed by atoms with Gasteiger partial charge in [0, 0.05) is 13.2 Å². The first-order chi connectivity index (χ1) is 9.41. The highest BCUT2D eigenvalue weighted by atomic mass is 16.5. The quantitative estimate of drug-likeness (QED) is 0.725. The lowest BCUT2D eigenvalue weighted by Gasteiger charge is -2.34. The van der Waals surface area contributed by atoms with Crippen molar-refractivity contribution in [1.82, 2.24) is 5.32 Å². The van der Waals surface area contributed by atoms with Crippen LogP contribution in [0.2, 0.25) is 0 Å². The van der Waals surface area contributed by atoms with Crippen LogP contribution in [-0.2, 0) is 19.0 Å². The molecular formula is C15H29NO4. The zero-order chi connectivity index (χ0) is 15.2. The molecule has 0 heterocycles. The summed E-state index contributed by atoms with van der Waals surface area (Å²) in [4.78, 5) is 12.0. The molecule has 3 unspecified atom stereocenters. The molecule has 0 aromatic carbocycles. The van der Waals surface area contributed by atoms with Gasteiger partial charge in [-0.3, -0.25) is 5.32 Å². The van der Waals surface area contributed by atoms with Crippen LogP contribution in [0.25, 0.3) is 0 Å². The normalized spacial score (nSPS) is 26.3. The summed E-state index contributed by atoms with van der Waals surface area (Å²) in [5, 5.41) is 3.24. The van der Waals surface area contributed by atoms with Crippen molar-refractivity contribution in [3.8, 4) is 0 Å². The smallest absolute Gasteiger partial charge is 0.328 e. The Morgan fingerprint density at radius 1 is 1.30 bits per heavy atom. The molecule has 0 aromatic heterocycles. The molecular weight excluding hydrogens is 258 g/mol. The van der Waals surface area contributed by atoms with Gasteiger partial charge >= 0.3 is 5.97 Å². The first-order valence-corrected chi connectivity index (χ1v) is 7.41. The number of esters is 1. The van der Waals surface area contributed by atoms with Crippen LogP contribution < -0.4 is 5.32 Å². The van der Waals surface area contributed by atoms with Crippen LogP contribution >= 0.6 is 0 Å². The molecule has 1 rings (SSSR count). The summed E-state index contributed by atoms with van der Waals surface area (Å²) in [5.41, 5.74) is -0.803. The minimum absolute atomic E-state index is 0.159. The van der Waals surface area contributed by atoms with Gasteiger partial charge in [0.05, 0.1) is 25.9 Å². The molecule has 0 aromatic rings. The SMILES string of the molecule is COC(=O)C(C)(COC1CCCC(OC)C1)NC(C)C. The van der Waals surface area contributed by atoms with Gasteiger partial charge in [-0.25, -0.2) is 4.79 Å². The molecule has 0 saturated heterocycles. The van der Waals surface area contributed by atoms with E-state index in [1.165, 1.54) is 7.11 Å². The Labute approximate surface area is 122 Å². The van der Waals surface area contributed by atoms with E-state index < -0.39 is 5.54 Å². The fourth-order valence-corrected chi connectivity index (χ4v) is 2.77. The van der Waals surface area contributed by atoms with E-state index in [0.29, 0.717) is 6.61 Å². The van der Waals surface area contributed by atoms with Gasteiger partial charge in [-0.15, -0.1) is 0 Å². The fraction of sp³-hybridized carbons (Fsp3) is 0.933. The molecule has 1 fully saturated rings. The maximum Gasteiger partial charge on any atom is 0.328 e. The van der Waals surface area contributed by atoms with Crippen LogP contribution in [0.1, 0.15) is 46.5 Å². The molecule has 1 N–H and O–H groups in total. The van der Waals surface area contributed by atoms with Crippen molar-refractivity contribution in [3.63, 3.8) is 0 Å². The Kier molecular flexibility index (Phi) is 6.92. The molecule has 20 heavy (non-hydrogen) atoms.